The lowest BCUT2D eigenvalue weighted by Crippen LogP contribution is -2.41. The van der Waals surface area contributed by atoms with E-state index in [0.29, 0.717) is 0 Å². The van der Waals surface area contributed by atoms with Crippen LogP contribution in [0.25, 0.3) is 0 Å². The molecular weight excluding hydrogens is 300 g/mol. The summed E-state index contributed by atoms with van der Waals surface area (Å²) in [5, 5.41) is 4.80. The molecule has 0 spiro atoms. The Morgan fingerprint density at radius 3 is 1.86 bits per heavy atom. The van der Waals surface area contributed by atoms with Gasteiger partial charge in [0.05, 0.1) is 0 Å². The minimum atomic E-state index is -1.04. The monoisotopic (exact) mass is 320 g/mol. The van der Waals surface area contributed by atoms with Gasteiger partial charge < -0.3 is 29.6 Å². The molecule has 0 aliphatic carbocycles. The molecule has 0 aliphatic rings. The first kappa shape index (κ1) is 19.6. The zero-order valence-corrected chi connectivity index (χ0v) is 12.8. The third-order valence-electron chi connectivity index (χ3n) is 2.33. The number of carbonyl (C=O) groups is 4. The van der Waals surface area contributed by atoms with Crippen LogP contribution in [0.2, 0.25) is 0 Å². The first-order chi connectivity index (χ1) is 10.3. The fourth-order valence-corrected chi connectivity index (χ4v) is 0.957. The zero-order chi connectivity index (χ0) is 17.1. The van der Waals surface area contributed by atoms with Gasteiger partial charge in [-0.25, -0.2) is 9.59 Å². The summed E-state index contributed by atoms with van der Waals surface area (Å²) in [7, 11) is 1.57. The number of ether oxygens (including phenoxy) is 4. The third kappa shape index (κ3) is 8.74. The maximum Gasteiger partial charge on any atom is 0.410 e. The number of esters is 3. The van der Waals surface area contributed by atoms with Gasteiger partial charge in [0.2, 0.25) is 13.6 Å². The Bertz CT molecular complexity index is 412. The Morgan fingerprint density at radius 2 is 1.36 bits per heavy atom. The average Bonchev–Trinajstić information content (AvgIpc) is 2.45. The molecule has 2 N–H and O–H groups in total. The summed E-state index contributed by atoms with van der Waals surface area (Å²) in [6.07, 6.45) is -0.966. The SMILES string of the molecule is CNC(C)C(=O)OCOC(=O)C(C)NC(=O)OCOC(C)=O. The Kier molecular flexibility index (Phi) is 9.27. The van der Waals surface area contributed by atoms with Crippen molar-refractivity contribution in [2.75, 3.05) is 20.6 Å². The Balaban J connectivity index is 3.94. The minimum Gasteiger partial charge on any atom is -0.428 e. The molecule has 10 heteroatoms. The molecule has 2 unspecified atom stereocenters. The maximum atomic E-state index is 11.5. The standard InChI is InChI=1S/C12H20N2O8/c1-7(13-4)10(16)20-6-21-11(17)8(2)14-12(18)22-5-19-9(3)15/h7-8,13H,5-6H2,1-4H3,(H,14,18). The summed E-state index contributed by atoms with van der Waals surface area (Å²) in [5.41, 5.74) is 0. The van der Waals surface area contributed by atoms with Gasteiger partial charge in [0.15, 0.2) is 0 Å². The predicted octanol–water partition coefficient (Wildman–Crippen LogP) is -0.726. The molecule has 0 radical (unpaired) electrons. The van der Waals surface area contributed by atoms with Crippen molar-refractivity contribution in [3.05, 3.63) is 0 Å². The molecule has 0 bridgehead atoms. The second kappa shape index (κ2) is 10.4. The summed E-state index contributed by atoms with van der Waals surface area (Å²) >= 11 is 0. The highest BCUT2D eigenvalue weighted by Gasteiger charge is 2.19. The average molecular weight is 320 g/mol. The fraction of sp³-hybridized carbons (Fsp3) is 0.667. The van der Waals surface area contributed by atoms with Crippen LogP contribution < -0.4 is 10.6 Å². The van der Waals surface area contributed by atoms with E-state index in [1.807, 2.05) is 0 Å². The molecule has 22 heavy (non-hydrogen) atoms. The van der Waals surface area contributed by atoms with Crippen LogP contribution in [0.4, 0.5) is 4.79 Å². The van der Waals surface area contributed by atoms with Crippen molar-refractivity contribution in [3.8, 4) is 0 Å². The van der Waals surface area contributed by atoms with Gasteiger partial charge >= 0.3 is 24.0 Å². The summed E-state index contributed by atoms with van der Waals surface area (Å²) in [6, 6.07) is -1.57. The van der Waals surface area contributed by atoms with Gasteiger partial charge in [-0.05, 0) is 20.9 Å². The normalized spacial score (nSPS) is 12.5. The van der Waals surface area contributed by atoms with E-state index in [1.165, 1.54) is 6.92 Å². The van der Waals surface area contributed by atoms with Gasteiger partial charge in [-0.2, -0.15) is 0 Å². The van der Waals surface area contributed by atoms with Crippen LogP contribution in [-0.4, -0.2) is 56.7 Å². The van der Waals surface area contributed by atoms with Crippen molar-refractivity contribution < 1.29 is 38.1 Å². The van der Waals surface area contributed by atoms with Crippen LogP contribution in [0, 0.1) is 0 Å². The second-order valence-electron chi connectivity index (χ2n) is 4.11. The molecule has 0 aromatic rings. The van der Waals surface area contributed by atoms with Gasteiger partial charge in [-0.3, -0.25) is 9.59 Å². The van der Waals surface area contributed by atoms with Crippen LogP contribution in [0.3, 0.4) is 0 Å². The molecule has 0 saturated carbocycles. The Morgan fingerprint density at radius 1 is 0.864 bits per heavy atom. The largest absolute Gasteiger partial charge is 0.428 e. The van der Waals surface area contributed by atoms with Crippen molar-refractivity contribution in [2.24, 2.45) is 0 Å². The molecule has 0 aromatic carbocycles. The minimum absolute atomic E-state index is 0.537. The van der Waals surface area contributed by atoms with Crippen LogP contribution in [-0.2, 0) is 33.3 Å². The van der Waals surface area contributed by atoms with Crippen LogP contribution in [0.5, 0.6) is 0 Å². The molecule has 126 valence electrons. The number of amides is 1. The van der Waals surface area contributed by atoms with E-state index < -0.39 is 49.7 Å². The molecular formula is C12H20N2O8. The number of hydrogen-bond donors (Lipinski definition) is 2. The van der Waals surface area contributed by atoms with Crippen molar-refractivity contribution in [1.29, 1.82) is 0 Å². The summed E-state index contributed by atoms with van der Waals surface area (Å²) in [6.45, 7) is 2.93. The molecule has 0 rings (SSSR count). The van der Waals surface area contributed by atoms with Crippen molar-refractivity contribution in [2.45, 2.75) is 32.9 Å². The van der Waals surface area contributed by atoms with E-state index in [0.717, 1.165) is 6.92 Å². The number of carbonyl (C=O) groups excluding carboxylic acids is 4. The van der Waals surface area contributed by atoms with E-state index in [-0.39, 0.29) is 0 Å². The number of rotatable bonds is 8. The van der Waals surface area contributed by atoms with Crippen molar-refractivity contribution >= 4 is 24.0 Å². The molecule has 0 aromatic heterocycles. The number of alkyl carbamates (subject to hydrolysis) is 1. The van der Waals surface area contributed by atoms with Crippen LogP contribution in [0.1, 0.15) is 20.8 Å². The van der Waals surface area contributed by atoms with E-state index >= 15 is 0 Å². The Hall–Kier alpha value is -2.36. The van der Waals surface area contributed by atoms with Crippen molar-refractivity contribution in [3.63, 3.8) is 0 Å². The Labute approximate surface area is 127 Å². The van der Waals surface area contributed by atoms with E-state index in [4.69, 9.17) is 0 Å². The quantitative estimate of drug-likeness (QED) is 0.439. The highest BCUT2D eigenvalue weighted by molar-refractivity contribution is 5.81. The van der Waals surface area contributed by atoms with Gasteiger partial charge in [0, 0.05) is 6.92 Å². The number of hydrogen-bond acceptors (Lipinski definition) is 9. The molecule has 0 heterocycles. The fourth-order valence-electron chi connectivity index (χ4n) is 0.957. The summed E-state index contributed by atoms with van der Waals surface area (Å²) < 4.78 is 18.2. The highest BCUT2D eigenvalue weighted by Crippen LogP contribution is 1.93. The topological polar surface area (TPSA) is 129 Å². The first-order valence-electron chi connectivity index (χ1n) is 6.35. The van der Waals surface area contributed by atoms with Gasteiger partial charge in [0.25, 0.3) is 0 Å². The molecule has 0 aliphatic heterocycles. The molecule has 2 atom stereocenters. The van der Waals surface area contributed by atoms with E-state index in [1.54, 1.807) is 14.0 Å². The lowest BCUT2D eigenvalue weighted by Gasteiger charge is -2.14. The van der Waals surface area contributed by atoms with Crippen LogP contribution in [0.15, 0.2) is 0 Å². The predicted molar refractivity (Wildman–Crippen MR) is 71.3 cm³/mol. The van der Waals surface area contributed by atoms with E-state index in [9.17, 15) is 19.2 Å². The zero-order valence-electron chi connectivity index (χ0n) is 12.8. The number of likely N-dealkylation sites (N-methyl/N-ethyl adjacent to an activating group) is 1. The van der Waals surface area contributed by atoms with Crippen molar-refractivity contribution in [1.82, 2.24) is 10.6 Å². The summed E-state index contributed by atoms with van der Waals surface area (Å²) in [5.74, 6) is -2.02. The summed E-state index contributed by atoms with van der Waals surface area (Å²) in [4.78, 5) is 44.4. The first-order valence-corrected chi connectivity index (χ1v) is 6.35. The van der Waals surface area contributed by atoms with Gasteiger partial charge in [-0.15, -0.1) is 0 Å². The number of nitrogens with one attached hydrogen (secondary N) is 2. The van der Waals surface area contributed by atoms with Gasteiger partial charge in [-0.1, -0.05) is 0 Å². The molecule has 0 saturated heterocycles. The molecule has 1 amide bonds. The van der Waals surface area contributed by atoms with Crippen LogP contribution >= 0.6 is 0 Å². The molecule has 0 fully saturated rings. The molecule has 10 nitrogen and oxygen atoms in total. The smallest absolute Gasteiger partial charge is 0.410 e. The maximum absolute atomic E-state index is 11.5. The van der Waals surface area contributed by atoms with E-state index in [2.05, 4.69) is 29.6 Å². The third-order valence-corrected chi connectivity index (χ3v) is 2.33. The lowest BCUT2D eigenvalue weighted by atomic mass is 10.3. The lowest BCUT2D eigenvalue weighted by molar-refractivity contribution is -0.169. The second-order valence-corrected chi connectivity index (χ2v) is 4.11. The highest BCUT2D eigenvalue weighted by atomic mass is 16.7. The van der Waals surface area contributed by atoms with Gasteiger partial charge in [0.1, 0.15) is 12.1 Å².